The smallest absolute Gasteiger partial charge is 0.0712 e. The molecule has 4 nitrogen and oxygen atoms in total. The molecule has 0 bridgehead atoms. The van der Waals surface area contributed by atoms with Gasteiger partial charge >= 0.3 is 0 Å². The summed E-state index contributed by atoms with van der Waals surface area (Å²) >= 11 is 3.58. The lowest BCUT2D eigenvalue weighted by Crippen LogP contribution is -2.30. The first kappa shape index (κ1) is 16.2. The van der Waals surface area contributed by atoms with E-state index in [1.807, 2.05) is 16.9 Å². The average Bonchev–Trinajstić information content (AvgIpc) is 2.87. The van der Waals surface area contributed by atoms with E-state index >= 15 is 0 Å². The Morgan fingerprint density at radius 3 is 2.62 bits per heavy atom. The summed E-state index contributed by atoms with van der Waals surface area (Å²) in [6, 6.07) is 11.0. The van der Waals surface area contributed by atoms with Crippen LogP contribution in [-0.4, -0.2) is 9.78 Å². The van der Waals surface area contributed by atoms with E-state index in [2.05, 4.69) is 64.6 Å². The lowest BCUT2D eigenvalue weighted by atomic mass is 10.0. The van der Waals surface area contributed by atoms with E-state index in [1.165, 1.54) is 5.56 Å². The highest BCUT2D eigenvalue weighted by Gasteiger charge is 2.20. The highest BCUT2D eigenvalue weighted by Crippen LogP contribution is 2.28. The Balaban J connectivity index is 2.02. The molecule has 1 heterocycles. The van der Waals surface area contributed by atoms with Crippen LogP contribution in [0.2, 0.25) is 0 Å². The highest BCUT2D eigenvalue weighted by molar-refractivity contribution is 9.10. The fraction of sp³-hybridized carbons (Fsp3) is 0.438. The zero-order valence-corrected chi connectivity index (χ0v) is 14.2. The first-order valence-electron chi connectivity index (χ1n) is 7.36. The topological polar surface area (TPSA) is 55.9 Å². The number of hydrogen-bond donors (Lipinski definition) is 2. The van der Waals surface area contributed by atoms with E-state index in [4.69, 9.17) is 5.84 Å². The van der Waals surface area contributed by atoms with E-state index < -0.39 is 0 Å². The number of nitrogens with zero attached hydrogens (tertiary/aromatic N) is 2. The van der Waals surface area contributed by atoms with Gasteiger partial charge in [0.05, 0.1) is 22.4 Å². The predicted octanol–water partition coefficient (Wildman–Crippen LogP) is 3.75. The van der Waals surface area contributed by atoms with Gasteiger partial charge in [-0.3, -0.25) is 16.0 Å². The van der Waals surface area contributed by atoms with Crippen LogP contribution in [0.25, 0.3) is 0 Å². The number of benzene rings is 1. The third-order valence-electron chi connectivity index (χ3n) is 3.61. The summed E-state index contributed by atoms with van der Waals surface area (Å²) in [6.45, 7) is 4.25. The number of halogens is 1. The second-order valence-electron chi connectivity index (χ2n) is 5.51. The summed E-state index contributed by atoms with van der Waals surface area (Å²) in [4.78, 5) is 0. The van der Waals surface area contributed by atoms with Gasteiger partial charge in [-0.1, -0.05) is 30.3 Å². The zero-order valence-electron chi connectivity index (χ0n) is 12.6. The Hall–Kier alpha value is -1.17. The molecule has 0 fully saturated rings. The van der Waals surface area contributed by atoms with Crippen molar-refractivity contribution in [2.75, 3.05) is 0 Å². The Labute approximate surface area is 134 Å². The van der Waals surface area contributed by atoms with Crippen molar-refractivity contribution in [3.8, 4) is 0 Å². The number of hydrogen-bond acceptors (Lipinski definition) is 3. The van der Waals surface area contributed by atoms with Crippen LogP contribution in [0, 0.1) is 0 Å². The lowest BCUT2D eigenvalue weighted by molar-refractivity contribution is 0.425. The van der Waals surface area contributed by atoms with Crippen LogP contribution in [0.1, 0.15) is 50.0 Å². The quantitative estimate of drug-likeness (QED) is 0.590. The molecule has 1 aromatic carbocycles. The van der Waals surface area contributed by atoms with Crippen molar-refractivity contribution in [3.63, 3.8) is 0 Å². The number of nitrogens with one attached hydrogen (secondary N) is 1. The summed E-state index contributed by atoms with van der Waals surface area (Å²) in [7, 11) is 0. The van der Waals surface area contributed by atoms with Crippen molar-refractivity contribution >= 4 is 15.9 Å². The van der Waals surface area contributed by atoms with Gasteiger partial charge in [-0.2, -0.15) is 5.10 Å². The number of rotatable bonds is 7. The van der Waals surface area contributed by atoms with Crippen molar-refractivity contribution in [1.29, 1.82) is 0 Å². The summed E-state index contributed by atoms with van der Waals surface area (Å²) in [5, 5.41) is 4.42. The molecule has 0 saturated carbocycles. The molecule has 0 aliphatic rings. The maximum atomic E-state index is 5.77. The van der Waals surface area contributed by atoms with E-state index in [-0.39, 0.29) is 6.04 Å². The molecular weight excluding hydrogens is 328 g/mol. The molecule has 3 N–H and O–H groups in total. The minimum absolute atomic E-state index is 0.105. The van der Waals surface area contributed by atoms with Crippen molar-refractivity contribution in [3.05, 3.63) is 52.3 Å². The molecule has 0 spiro atoms. The molecule has 1 unspecified atom stereocenters. The maximum Gasteiger partial charge on any atom is 0.0712 e. The SMILES string of the molecule is CC(C)n1ncc(Br)c1C(CCCc1ccccc1)NN. The number of hydrazine groups is 1. The Bertz CT molecular complexity index is 551. The van der Waals surface area contributed by atoms with Crippen LogP contribution in [-0.2, 0) is 6.42 Å². The van der Waals surface area contributed by atoms with Crippen LogP contribution in [0.3, 0.4) is 0 Å². The normalized spacial score (nSPS) is 12.8. The lowest BCUT2D eigenvalue weighted by Gasteiger charge is -2.20. The Morgan fingerprint density at radius 1 is 1.29 bits per heavy atom. The van der Waals surface area contributed by atoms with Crippen LogP contribution in [0.4, 0.5) is 0 Å². The molecule has 0 aliphatic carbocycles. The predicted molar refractivity (Wildman–Crippen MR) is 89.8 cm³/mol. The van der Waals surface area contributed by atoms with Gasteiger partial charge in [0.25, 0.3) is 0 Å². The van der Waals surface area contributed by atoms with Crippen LogP contribution < -0.4 is 11.3 Å². The van der Waals surface area contributed by atoms with Gasteiger partial charge < -0.3 is 0 Å². The molecule has 0 saturated heterocycles. The van der Waals surface area contributed by atoms with Gasteiger partial charge in [-0.25, -0.2) is 0 Å². The molecule has 0 amide bonds. The van der Waals surface area contributed by atoms with Crippen molar-refractivity contribution in [2.45, 2.75) is 45.2 Å². The van der Waals surface area contributed by atoms with Gasteiger partial charge in [0.2, 0.25) is 0 Å². The first-order valence-corrected chi connectivity index (χ1v) is 8.15. The number of nitrogens with two attached hydrogens (primary N) is 1. The molecule has 0 aliphatic heterocycles. The summed E-state index contributed by atoms with van der Waals surface area (Å²) in [6.07, 6.45) is 4.96. The standard InChI is InChI=1S/C16H23BrN4/c1-12(2)21-16(14(17)11-19-21)15(20-18)10-6-9-13-7-4-3-5-8-13/h3-5,7-8,11-12,15,20H,6,9-10,18H2,1-2H3. The molecule has 1 aromatic heterocycles. The van der Waals surface area contributed by atoms with Gasteiger partial charge in [0.15, 0.2) is 0 Å². The van der Waals surface area contributed by atoms with E-state index in [0.29, 0.717) is 6.04 Å². The summed E-state index contributed by atoms with van der Waals surface area (Å²) in [5.74, 6) is 5.77. The fourth-order valence-electron chi connectivity index (χ4n) is 2.54. The molecule has 2 rings (SSSR count). The molecular formula is C16H23BrN4. The molecule has 5 heteroatoms. The first-order chi connectivity index (χ1) is 10.1. The van der Waals surface area contributed by atoms with Crippen LogP contribution >= 0.6 is 15.9 Å². The van der Waals surface area contributed by atoms with E-state index in [1.54, 1.807) is 0 Å². The van der Waals surface area contributed by atoms with Crippen molar-refractivity contribution in [2.24, 2.45) is 5.84 Å². The zero-order chi connectivity index (χ0) is 15.2. The molecule has 21 heavy (non-hydrogen) atoms. The van der Waals surface area contributed by atoms with Crippen molar-refractivity contribution < 1.29 is 0 Å². The minimum Gasteiger partial charge on any atom is -0.271 e. The second-order valence-corrected chi connectivity index (χ2v) is 6.37. The van der Waals surface area contributed by atoms with Gasteiger partial charge in [-0.05, 0) is 54.6 Å². The third-order valence-corrected chi connectivity index (χ3v) is 4.22. The average molecular weight is 351 g/mol. The van der Waals surface area contributed by atoms with Crippen LogP contribution in [0.15, 0.2) is 41.0 Å². The van der Waals surface area contributed by atoms with Gasteiger partial charge in [0, 0.05) is 6.04 Å². The molecule has 114 valence electrons. The molecule has 1 atom stereocenters. The Morgan fingerprint density at radius 2 is 2.00 bits per heavy atom. The Kier molecular flexibility index (Phi) is 5.96. The third kappa shape index (κ3) is 4.15. The monoisotopic (exact) mass is 350 g/mol. The van der Waals surface area contributed by atoms with Gasteiger partial charge in [-0.15, -0.1) is 0 Å². The van der Waals surface area contributed by atoms with E-state index in [0.717, 1.165) is 29.4 Å². The number of aryl methyl sites for hydroxylation is 1. The number of aromatic nitrogens is 2. The van der Waals surface area contributed by atoms with Gasteiger partial charge in [0.1, 0.15) is 0 Å². The summed E-state index contributed by atoms with van der Waals surface area (Å²) in [5.41, 5.74) is 5.43. The van der Waals surface area contributed by atoms with E-state index in [9.17, 15) is 0 Å². The summed E-state index contributed by atoms with van der Waals surface area (Å²) < 4.78 is 3.04. The minimum atomic E-state index is 0.105. The fourth-order valence-corrected chi connectivity index (χ4v) is 3.09. The second kappa shape index (κ2) is 7.73. The molecule has 0 radical (unpaired) electrons. The maximum absolute atomic E-state index is 5.77. The largest absolute Gasteiger partial charge is 0.271 e. The highest BCUT2D eigenvalue weighted by atomic mass is 79.9. The van der Waals surface area contributed by atoms with Crippen LogP contribution in [0.5, 0.6) is 0 Å². The van der Waals surface area contributed by atoms with Crippen molar-refractivity contribution in [1.82, 2.24) is 15.2 Å². The molecule has 2 aromatic rings.